The Bertz CT molecular complexity index is 611. The summed E-state index contributed by atoms with van der Waals surface area (Å²) in [6, 6.07) is 6.92. The molecule has 1 saturated carbocycles. The third-order valence-electron chi connectivity index (χ3n) is 4.16. The first-order valence-electron chi connectivity index (χ1n) is 6.96. The summed E-state index contributed by atoms with van der Waals surface area (Å²) < 4.78 is 2.09. The van der Waals surface area contributed by atoms with Gasteiger partial charge in [-0.2, -0.15) is 5.10 Å². The number of benzene rings is 1. The normalized spacial score (nSPS) is 27.5. The minimum atomic E-state index is -0.509. The Hall–Kier alpha value is -1.35. The third-order valence-corrected chi connectivity index (χ3v) is 4.16. The van der Waals surface area contributed by atoms with E-state index < -0.39 is 5.60 Å². The molecule has 1 N–H and O–H groups in total. The summed E-state index contributed by atoms with van der Waals surface area (Å²) in [4.78, 5) is 0. The summed E-state index contributed by atoms with van der Waals surface area (Å²) in [5.41, 5.74) is 2.15. The summed E-state index contributed by atoms with van der Waals surface area (Å²) >= 11 is 0. The van der Waals surface area contributed by atoms with Crippen LogP contribution in [0.2, 0.25) is 0 Å². The first kappa shape index (κ1) is 12.7. The van der Waals surface area contributed by atoms with Gasteiger partial charge in [-0.05, 0) is 36.8 Å². The van der Waals surface area contributed by atoms with Crippen LogP contribution >= 0.6 is 0 Å². The second-order valence-corrected chi connectivity index (χ2v) is 7.17. The average Bonchev–Trinajstić information content (AvgIpc) is 2.66. The predicted octanol–water partition coefficient (Wildman–Crippen LogP) is 3.42. The molecule has 3 heteroatoms. The number of aliphatic hydroxyl groups is 1. The standard InChI is InChI=1S/C16H22N2O/c1-15(2,3)12-6-5-11-10-17-18(14(11)7-12)13-8-16(4,19)9-13/h5-7,10,13,19H,8-9H2,1-4H3/t13-,16+. The van der Waals surface area contributed by atoms with E-state index in [4.69, 9.17) is 0 Å². The van der Waals surface area contributed by atoms with E-state index in [0.717, 1.165) is 12.8 Å². The minimum absolute atomic E-state index is 0.147. The molecular weight excluding hydrogens is 236 g/mol. The molecular formula is C16H22N2O. The van der Waals surface area contributed by atoms with Gasteiger partial charge < -0.3 is 5.11 Å². The van der Waals surface area contributed by atoms with Crippen LogP contribution < -0.4 is 0 Å². The molecule has 0 radical (unpaired) electrons. The fraction of sp³-hybridized carbons (Fsp3) is 0.562. The van der Waals surface area contributed by atoms with E-state index in [2.05, 4.69) is 48.8 Å². The minimum Gasteiger partial charge on any atom is -0.390 e. The van der Waals surface area contributed by atoms with Crippen LogP contribution in [0.15, 0.2) is 24.4 Å². The summed E-state index contributed by atoms with van der Waals surface area (Å²) in [6.45, 7) is 8.57. The Labute approximate surface area is 114 Å². The number of aromatic nitrogens is 2. The lowest BCUT2D eigenvalue weighted by atomic mass is 9.77. The highest BCUT2D eigenvalue weighted by Crippen LogP contribution is 2.42. The molecule has 1 aliphatic rings. The molecule has 1 aromatic carbocycles. The smallest absolute Gasteiger partial charge is 0.0688 e. The highest BCUT2D eigenvalue weighted by atomic mass is 16.3. The van der Waals surface area contributed by atoms with Gasteiger partial charge in [0.1, 0.15) is 0 Å². The van der Waals surface area contributed by atoms with Crippen LogP contribution in [0.3, 0.4) is 0 Å². The fourth-order valence-electron chi connectivity index (χ4n) is 2.92. The zero-order valence-corrected chi connectivity index (χ0v) is 12.1. The van der Waals surface area contributed by atoms with Crippen molar-refractivity contribution in [3.05, 3.63) is 30.0 Å². The molecule has 1 heterocycles. The molecule has 0 saturated heterocycles. The van der Waals surface area contributed by atoms with Crippen molar-refractivity contribution >= 4 is 10.9 Å². The molecule has 0 bridgehead atoms. The maximum absolute atomic E-state index is 9.90. The van der Waals surface area contributed by atoms with Crippen LogP contribution in [0.4, 0.5) is 0 Å². The van der Waals surface area contributed by atoms with Gasteiger partial charge in [-0.25, -0.2) is 0 Å². The van der Waals surface area contributed by atoms with E-state index >= 15 is 0 Å². The molecule has 0 aliphatic heterocycles. The molecule has 19 heavy (non-hydrogen) atoms. The Morgan fingerprint density at radius 3 is 2.58 bits per heavy atom. The largest absolute Gasteiger partial charge is 0.390 e. The molecule has 3 nitrogen and oxygen atoms in total. The van der Waals surface area contributed by atoms with Gasteiger partial charge in [0.25, 0.3) is 0 Å². The molecule has 0 unspecified atom stereocenters. The van der Waals surface area contributed by atoms with E-state index in [1.165, 1.54) is 16.5 Å². The molecule has 0 spiro atoms. The van der Waals surface area contributed by atoms with Gasteiger partial charge in [0.05, 0.1) is 23.4 Å². The van der Waals surface area contributed by atoms with Gasteiger partial charge >= 0.3 is 0 Å². The van der Waals surface area contributed by atoms with Crippen LogP contribution in [-0.2, 0) is 5.41 Å². The summed E-state index contributed by atoms with van der Waals surface area (Å²) in [7, 11) is 0. The molecule has 1 aliphatic carbocycles. The van der Waals surface area contributed by atoms with Crippen LogP contribution in [0.5, 0.6) is 0 Å². The van der Waals surface area contributed by atoms with E-state index in [1.807, 2.05) is 13.1 Å². The maximum Gasteiger partial charge on any atom is 0.0688 e. The maximum atomic E-state index is 9.90. The number of hydrogen-bond acceptors (Lipinski definition) is 2. The second-order valence-electron chi connectivity index (χ2n) is 7.17. The number of rotatable bonds is 1. The van der Waals surface area contributed by atoms with Gasteiger partial charge in [0.2, 0.25) is 0 Å². The highest BCUT2D eigenvalue weighted by molar-refractivity contribution is 5.79. The zero-order chi connectivity index (χ0) is 13.8. The van der Waals surface area contributed by atoms with Crippen molar-refractivity contribution in [1.82, 2.24) is 9.78 Å². The Morgan fingerprint density at radius 1 is 1.32 bits per heavy atom. The van der Waals surface area contributed by atoms with Crippen molar-refractivity contribution < 1.29 is 5.11 Å². The van der Waals surface area contributed by atoms with Crippen LogP contribution in [-0.4, -0.2) is 20.5 Å². The number of fused-ring (bicyclic) bond motifs is 1. The predicted molar refractivity (Wildman–Crippen MR) is 77.3 cm³/mol. The molecule has 0 atom stereocenters. The Morgan fingerprint density at radius 2 is 2.00 bits per heavy atom. The summed E-state index contributed by atoms with van der Waals surface area (Å²) in [5.74, 6) is 0. The van der Waals surface area contributed by atoms with Crippen molar-refractivity contribution in [1.29, 1.82) is 0 Å². The zero-order valence-electron chi connectivity index (χ0n) is 12.1. The van der Waals surface area contributed by atoms with Gasteiger partial charge in [-0.1, -0.05) is 32.9 Å². The fourth-order valence-corrected chi connectivity index (χ4v) is 2.92. The Balaban J connectivity index is 2.02. The molecule has 0 amide bonds. The topological polar surface area (TPSA) is 38.0 Å². The highest BCUT2D eigenvalue weighted by Gasteiger charge is 2.40. The van der Waals surface area contributed by atoms with Crippen molar-refractivity contribution in [2.24, 2.45) is 0 Å². The van der Waals surface area contributed by atoms with E-state index in [9.17, 15) is 5.11 Å². The Kier molecular flexibility index (Phi) is 2.55. The molecule has 1 fully saturated rings. The monoisotopic (exact) mass is 258 g/mol. The van der Waals surface area contributed by atoms with Crippen molar-refractivity contribution in [3.63, 3.8) is 0 Å². The van der Waals surface area contributed by atoms with Crippen molar-refractivity contribution in [2.45, 2.75) is 57.6 Å². The third kappa shape index (κ3) is 2.16. The van der Waals surface area contributed by atoms with E-state index in [1.54, 1.807) is 0 Å². The molecule has 3 rings (SSSR count). The van der Waals surface area contributed by atoms with Crippen molar-refractivity contribution in [2.75, 3.05) is 0 Å². The summed E-state index contributed by atoms with van der Waals surface area (Å²) in [5, 5.41) is 15.6. The lowest BCUT2D eigenvalue weighted by Gasteiger charge is -2.41. The lowest BCUT2D eigenvalue weighted by Crippen LogP contribution is -2.42. The molecule has 2 aromatic rings. The number of hydrogen-bond donors (Lipinski definition) is 1. The average molecular weight is 258 g/mol. The van der Waals surface area contributed by atoms with Crippen LogP contribution in [0.1, 0.15) is 52.1 Å². The van der Waals surface area contributed by atoms with E-state index in [0.29, 0.717) is 6.04 Å². The number of nitrogens with zero attached hydrogens (tertiary/aromatic N) is 2. The first-order valence-corrected chi connectivity index (χ1v) is 6.96. The summed E-state index contributed by atoms with van der Waals surface area (Å²) in [6.07, 6.45) is 3.52. The second kappa shape index (κ2) is 3.83. The SMILES string of the molecule is CC(C)(C)c1ccc2cnn([C@H]3C[C@@](C)(O)C3)c2c1. The van der Waals surface area contributed by atoms with Crippen molar-refractivity contribution in [3.8, 4) is 0 Å². The van der Waals surface area contributed by atoms with Gasteiger partial charge in [0.15, 0.2) is 0 Å². The van der Waals surface area contributed by atoms with Crippen LogP contribution in [0.25, 0.3) is 10.9 Å². The molecule has 102 valence electrons. The first-order chi connectivity index (χ1) is 8.76. The van der Waals surface area contributed by atoms with E-state index in [-0.39, 0.29) is 5.41 Å². The van der Waals surface area contributed by atoms with Gasteiger partial charge in [-0.15, -0.1) is 0 Å². The molecule has 1 aromatic heterocycles. The quantitative estimate of drug-likeness (QED) is 0.851. The lowest BCUT2D eigenvalue weighted by molar-refractivity contribution is -0.0530. The van der Waals surface area contributed by atoms with Gasteiger partial charge in [0, 0.05) is 5.39 Å². The van der Waals surface area contributed by atoms with Gasteiger partial charge in [-0.3, -0.25) is 4.68 Å². The van der Waals surface area contributed by atoms with Crippen LogP contribution in [0, 0.1) is 0 Å².